The van der Waals surface area contributed by atoms with Gasteiger partial charge in [-0.25, -0.2) is 13.2 Å². The molecular formula is C10H13NO6S. The van der Waals surface area contributed by atoms with Crippen LogP contribution in [0.5, 0.6) is 0 Å². The lowest BCUT2D eigenvalue weighted by Crippen LogP contribution is -2.29. The van der Waals surface area contributed by atoms with Crippen LogP contribution in [0.3, 0.4) is 0 Å². The van der Waals surface area contributed by atoms with Gasteiger partial charge in [-0.2, -0.15) is 0 Å². The Morgan fingerprint density at radius 3 is 2.50 bits per heavy atom. The number of sulfone groups is 1. The number of hydrogen-bond donors (Lipinski definition) is 1. The van der Waals surface area contributed by atoms with Crippen LogP contribution in [0.25, 0.3) is 0 Å². The molecule has 7 nitrogen and oxygen atoms in total. The minimum absolute atomic E-state index is 0.0362. The van der Waals surface area contributed by atoms with Crippen LogP contribution in [-0.2, 0) is 20.4 Å². The van der Waals surface area contributed by atoms with Crippen molar-refractivity contribution in [3.63, 3.8) is 0 Å². The largest absolute Gasteiger partial charge is 0.475 e. The molecule has 0 unspecified atom stereocenters. The van der Waals surface area contributed by atoms with Crippen LogP contribution >= 0.6 is 0 Å². The molecule has 0 aromatic carbocycles. The van der Waals surface area contributed by atoms with Gasteiger partial charge in [0.25, 0.3) is 0 Å². The minimum Gasteiger partial charge on any atom is -0.475 e. The maximum Gasteiger partial charge on any atom is 0.372 e. The summed E-state index contributed by atoms with van der Waals surface area (Å²) in [7, 11) is -0.834. The van der Waals surface area contributed by atoms with Gasteiger partial charge in [0.2, 0.25) is 11.7 Å². The molecule has 0 atom stereocenters. The average Bonchev–Trinajstić information content (AvgIpc) is 2.63. The number of aromatic carboxylic acids is 1. The van der Waals surface area contributed by atoms with E-state index in [1.165, 1.54) is 20.2 Å². The lowest BCUT2D eigenvalue weighted by molar-refractivity contribution is -0.125. The molecular weight excluding hydrogens is 262 g/mol. The summed E-state index contributed by atoms with van der Waals surface area (Å²) in [4.78, 5) is 23.2. The predicted octanol–water partition coefficient (Wildman–Crippen LogP) is -0.0192. The van der Waals surface area contributed by atoms with Crippen molar-refractivity contribution >= 4 is 21.7 Å². The van der Waals surface area contributed by atoms with E-state index in [-0.39, 0.29) is 5.56 Å². The van der Waals surface area contributed by atoms with E-state index in [1.807, 2.05) is 0 Å². The second-order valence-corrected chi connectivity index (χ2v) is 5.97. The summed E-state index contributed by atoms with van der Waals surface area (Å²) in [6.07, 6.45) is 1.10. The third-order valence-electron chi connectivity index (χ3n) is 2.16. The first-order chi connectivity index (χ1) is 8.23. The Kier molecular flexibility index (Phi) is 4.12. The van der Waals surface area contributed by atoms with Crippen molar-refractivity contribution in [2.24, 2.45) is 0 Å². The minimum atomic E-state index is -3.72. The molecule has 18 heavy (non-hydrogen) atoms. The predicted molar refractivity (Wildman–Crippen MR) is 61.9 cm³/mol. The number of carbonyl (C=O) groups is 2. The fraction of sp³-hybridized carbons (Fsp3) is 0.400. The van der Waals surface area contributed by atoms with Gasteiger partial charge in [-0.3, -0.25) is 4.79 Å². The number of carbonyl (C=O) groups excluding carboxylic acids is 1. The monoisotopic (exact) mass is 275 g/mol. The van der Waals surface area contributed by atoms with Crippen molar-refractivity contribution in [2.45, 2.75) is 5.75 Å². The average molecular weight is 275 g/mol. The van der Waals surface area contributed by atoms with Crippen LogP contribution in [0, 0.1) is 0 Å². The van der Waals surface area contributed by atoms with Gasteiger partial charge in [-0.1, -0.05) is 0 Å². The topological polar surface area (TPSA) is 105 Å². The number of carboxylic acids is 1. The van der Waals surface area contributed by atoms with Crippen LogP contribution in [0.1, 0.15) is 16.1 Å². The quantitative estimate of drug-likeness (QED) is 0.809. The Morgan fingerprint density at radius 1 is 1.39 bits per heavy atom. The molecule has 1 rings (SSSR count). The van der Waals surface area contributed by atoms with Crippen LogP contribution in [-0.4, -0.2) is 50.1 Å². The molecule has 0 aliphatic rings. The van der Waals surface area contributed by atoms with Gasteiger partial charge >= 0.3 is 5.97 Å². The summed E-state index contributed by atoms with van der Waals surface area (Å²) < 4.78 is 28.1. The maximum atomic E-state index is 11.7. The second-order valence-electron chi connectivity index (χ2n) is 3.90. The number of amides is 1. The van der Waals surface area contributed by atoms with E-state index in [2.05, 4.69) is 4.42 Å². The van der Waals surface area contributed by atoms with Gasteiger partial charge in [0.1, 0.15) is 5.75 Å². The van der Waals surface area contributed by atoms with Crippen molar-refractivity contribution < 1.29 is 27.5 Å². The first-order valence-corrected chi connectivity index (χ1v) is 6.75. The summed E-state index contributed by atoms with van der Waals surface area (Å²) in [6.45, 7) is 0. The number of nitrogens with zero attached hydrogens (tertiary/aromatic N) is 1. The van der Waals surface area contributed by atoms with E-state index < -0.39 is 39.0 Å². The summed E-state index contributed by atoms with van der Waals surface area (Å²) in [5.74, 6) is -3.52. The summed E-state index contributed by atoms with van der Waals surface area (Å²) >= 11 is 0. The number of rotatable bonds is 5. The molecule has 100 valence electrons. The fourth-order valence-electron chi connectivity index (χ4n) is 1.24. The number of hydrogen-bond acceptors (Lipinski definition) is 5. The Balaban J connectivity index is 2.86. The molecule has 0 fully saturated rings. The van der Waals surface area contributed by atoms with Gasteiger partial charge < -0.3 is 14.4 Å². The molecule has 1 aromatic rings. The molecule has 1 amide bonds. The highest BCUT2D eigenvalue weighted by atomic mass is 32.2. The van der Waals surface area contributed by atoms with Crippen molar-refractivity contribution in [3.05, 3.63) is 23.7 Å². The first kappa shape index (κ1) is 14.2. The van der Waals surface area contributed by atoms with Gasteiger partial charge in [0.05, 0.1) is 12.0 Å². The smallest absolute Gasteiger partial charge is 0.372 e. The van der Waals surface area contributed by atoms with Gasteiger partial charge in [0, 0.05) is 19.7 Å². The standard InChI is InChI=1S/C10H13NO6S/c1-11(2)8(12)6-18(15,16)5-7-3-4-17-9(7)10(13)14/h3-4H,5-6H2,1-2H3,(H,13,14). The molecule has 1 heterocycles. The van der Waals surface area contributed by atoms with E-state index in [1.54, 1.807) is 0 Å². The highest BCUT2D eigenvalue weighted by molar-refractivity contribution is 7.91. The Hall–Kier alpha value is -1.83. The third-order valence-corrected chi connectivity index (χ3v) is 3.60. The summed E-state index contributed by atoms with van der Waals surface area (Å²) in [5, 5.41) is 8.76. The van der Waals surface area contributed by atoms with Gasteiger partial charge in [-0.05, 0) is 6.07 Å². The summed E-state index contributed by atoms with van der Waals surface area (Å²) in [5.41, 5.74) is 0.0362. The molecule has 0 saturated heterocycles. The Morgan fingerprint density at radius 2 is 2.00 bits per heavy atom. The molecule has 0 aliphatic carbocycles. The van der Waals surface area contributed by atoms with Crippen molar-refractivity contribution in [3.8, 4) is 0 Å². The van der Waals surface area contributed by atoms with Crippen LogP contribution < -0.4 is 0 Å². The van der Waals surface area contributed by atoms with E-state index in [0.29, 0.717) is 0 Å². The second kappa shape index (κ2) is 5.21. The molecule has 0 bridgehead atoms. The normalized spacial score (nSPS) is 11.2. The highest BCUT2D eigenvalue weighted by Gasteiger charge is 2.23. The molecule has 0 aliphatic heterocycles. The SMILES string of the molecule is CN(C)C(=O)CS(=O)(=O)Cc1ccoc1C(=O)O. The Bertz CT molecular complexity index is 557. The van der Waals surface area contributed by atoms with E-state index >= 15 is 0 Å². The molecule has 0 spiro atoms. The Labute approximate surface area is 104 Å². The number of carboxylic acid groups (broad SMARTS) is 1. The van der Waals surface area contributed by atoms with Crippen molar-refractivity contribution in [1.82, 2.24) is 4.90 Å². The summed E-state index contributed by atoms with van der Waals surface area (Å²) in [6, 6.07) is 1.27. The van der Waals surface area contributed by atoms with Crippen LogP contribution in [0.15, 0.2) is 16.7 Å². The molecule has 8 heteroatoms. The van der Waals surface area contributed by atoms with Crippen LogP contribution in [0.4, 0.5) is 0 Å². The lowest BCUT2D eigenvalue weighted by Gasteiger charge is -2.10. The van der Waals surface area contributed by atoms with Gasteiger partial charge in [-0.15, -0.1) is 0 Å². The first-order valence-electron chi connectivity index (χ1n) is 4.93. The van der Waals surface area contributed by atoms with Crippen molar-refractivity contribution in [2.75, 3.05) is 19.8 Å². The third kappa shape index (κ3) is 3.59. The maximum absolute atomic E-state index is 11.7. The molecule has 0 saturated carbocycles. The molecule has 1 N–H and O–H groups in total. The lowest BCUT2D eigenvalue weighted by atomic mass is 10.3. The van der Waals surface area contributed by atoms with Gasteiger partial charge in [0.15, 0.2) is 9.84 Å². The highest BCUT2D eigenvalue weighted by Crippen LogP contribution is 2.14. The molecule has 1 aromatic heterocycles. The van der Waals surface area contributed by atoms with E-state index in [4.69, 9.17) is 5.11 Å². The zero-order valence-electron chi connectivity index (χ0n) is 9.91. The number of furan rings is 1. The van der Waals surface area contributed by atoms with Crippen molar-refractivity contribution in [1.29, 1.82) is 0 Å². The van der Waals surface area contributed by atoms with E-state index in [0.717, 1.165) is 11.2 Å². The fourth-order valence-corrected chi connectivity index (χ4v) is 2.68. The van der Waals surface area contributed by atoms with E-state index in [9.17, 15) is 18.0 Å². The molecule has 0 radical (unpaired) electrons. The van der Waals surface area contributed by atoms with Crippen LogP contribution in [0.2, 0.25) is 0 Å². The zero-order chi connectivity index (χ0) is 13.9. The zero-order valence-corrected chi connectivity index (χ0v) is 10.7.